The summed E-state index contributed by atoms with van der Waals surface area (Å²) in [5.74, 6) is -0.416. The Kier molecular flexibility index (Phi) is 6.82. The number of rotatable bonds is 7. The molecule has 0 bridgehead atoms. The molecule has 0 saturated heterocycles. The van der Waals surface area contributed by atoms with Crippen LogP contribution in [0.3, 0.4) is 0 Å². The van der Waals surface area contributed by atoms with Crippen molar-refractivity contribution in [3.63, 3.8) is 0 Å². The van der Waals surface area contributed by atoms with Gasteiger partial charge < -0.3 is 10.2 Å². The highest BCUT2D eigenvalue weighted by Crippen LogP contribution is 2.25. The lowest BCUT2D eigenvalue weighted by molar-refractivity contribution is -0.123. The first-order chi connectivity index (χ1) is 11.6. The summed E-state index contributed by atoms with van der Waals surface area (Å²) in [6.07, 6.45) is 1.75. The van der Waals surface area contributed by atoms with E-state index in [0.717, 1.165) is 12.8 Å². The zero-order chi connectivity index (χ0) is 17.4. The third-order valence-electron chi connectivity index (χ3n) is 3.63. The summed E-state index contributed by atoms with van der Waals surface area (Å²) in [7, 11) is 0. The van der Waals surface area contributed by atoms with Crippen molar-refractivity contribution in [1.29, 1.82) is 0 Å². The molecule has 0 aliphatic rings. The van der Waals surface area contributed by atoms with E-state index in [0.29, 0.717) is 17.3 Å². The zero-order valence-electron chi connectivity index (χ0n) is 13.7. The average molecular weight is 345 g/mol. The molecule has 0 unspecified atom stereocenters. The molecule has 0 radical (unpaired) electrons. The largest absolute Gasteiger partial charge is 0.355 e. The molecule has 0 atom stereocenters. The summed E-state index contributed by atoms with van der Waals surface area (Å²) >= 11 is 6.12. The van der Waals surface area contributed by atoms with Crippen LogP contribution in [0.4, 0.5) is 5.69 Å². The van der Waals surface area contributed by atoms with Crippen LogP contribution in [-0.2, 0) is 16.0 Å². The fourth-order valence-electron chi connectivity index (χ4n) is 2.40. The van der Waals surface area contributed by atoms with Gasteiger partial charge in [-0.1, -0.05) is 54.1 Å². The first-order valence-corrected chi connectivity index (χ1v) is 8.29. The van der Waals surface area contributed by atoms with Crippen molar-refractivity contribution in [3.05, 3.63) is 65.2 Å². The van der Waals surface area contributed by atoms with Crippen LogP contribution in [0.25, 0.3) is 0 Å². The number of anilines is 1. The van der Waals surface area contributed by atoms with Crippen LogP contribution < -0.4 is 10.2 Å². The highest BCUT2D eigenvalue weighted by molar-refractivity contribution is 6.33. The van der Waals surface area contributed by atoms with Crippen LogP contribution in [0.2, 0.25) is 5.02 Å². The van der Waals surface area contributed by atoms with Crippen molar-refractivity contribution in [2.24, 2.45) is 0 Å². The Morgan fingerprint density at radius 3 is 2.38 bits per heavy atom. The number of carbonyl (C=O) groups is 2. The normalized spacial score (nSPS) is 10.2. The fraction of sp³-hybridized carbons (Fsp3) is 0.263. The summed E-state index contributed by atoms with van der Waals surface area (Å²) in [6.45, 7) is 1.96. The van der Waals surface area contributed by atoms with Crippen LogP contribution in [0.5, 0.6) is 0 Å². The van der Waals surface area contributed by atoms with E-state index in [-0.39, 0.29) is 18.4 Å². The predicted molar refractivity (Wildman–Crippen MR) is 97.3 cm³/mol. The number of nitrogens with zero attached hydrogens (tertiary/aromatic N) is 1. The molecular formula is C19H21ClN2O2. The van der Waals surface area contributed by atoms with Gasteiger partial charge in [0.15, 0.2) is 0 Å². The molecule has 0 aliphatic carbocycles. The summed E-state index contributed by atoms with van der Waals surface area (Å²) < 4.78 is 0. The number of para-hydroxylation sites is 1. The first-order valence-electron chi connectivity index (χ1n) is 7.91. The van der Waals surface area contributed by atoms with Crippen LogP contribution in [0.15, 0.2) is 54.6 Å². The summed E-state index contributed by atoms with van der Waals surface area (Å²) in [4.78, 5) is 25.3. The van der Waals surface area contributed by atoms with E-state index in [1.165, 1.54) is 17.4 Å². The van der Waals surface area contributed by atoms with Gasteiger partial charge in [-0.25, -0.2) is 0 Å². The standard InChI is InChI=1S/C19H21ClN2O2/c1-15(23)22(18-12-6-5-11-17(18)20)14-19(24)21-13-7-10-16-8-3-2-4-9-16/h2-6,8-9,11-12H,7,10,13-14H2,1H3,(H,21,24). The van der Waals surface area contributed by atoms with Gasteiger partial charge in [0.25, 0.3) is 0 Å². The molecule has 1 N–H and O–H groups in total. The minimum Gasteiger partial charge on any atom is -0.355 e. The molecule has 2 amide bonds. The number of carbonyl (C=O) groups excluding carboxylic acids is 2. The van der Waals surface area contributed by atoms with E-state index in [1.54, 1.807) is 24.3 Å². The smallest absolute Gasteiger partial charge is 0.240 e. The van der Waals surface area contributed by atoms with Gasteiger partial charge >= 0.3 is 0 Å². The molecule has 0 aliphatic heterocycles. The minimum absolute atomic E-state index is 0.0373. The predicted octanol–water partition coefficient (Wildman–Crippen LogP) is 3.44. The van der Waals surface area contributed by atoms with Gasteiger partial charge in [0.1, 0.15) is 6.54 Å². The van der Waals surface area contributed by atoms with Gasteiger partial charge in [0.05, 0.1) is 10.7 Å². The van der Waals surface area contributed by atoms with Crippen molar-refractivity contribution < 1.29 is 9.59 Å². The number of halogens is 1. The molecule has 4 nitrogen and oxygen atoms in total. The lowest BCUT2D eigenvalue weighted by Gasteiger charge is -2.21. The Bertz CT molecular complexity index is 689. The monoisotopic (exact) mass is 344 g/mol. The molecule has 2 aromatic rings. The quantitative estimate of drug-likeness (QED) is 0.782. The number of amides is 2. The van der Waals surface area contributed by atoms with Gasteiger partial charge in [0.2, 0.25) is 11.8 Å². The highest BCUT2D eigenvalue weighted by atomic mass is 35.5. The highest BCUT2D eigenvalue weighted by Gasteiger charge is 2.17. The Labute approximate surface area is 147 Å². The van der Waals surface area contributed by atoms with Gasteiger partial charge in [-0.3, -0.25) is 9.59 Å². The van der Waals surface area contributed by atoms with Crippen LogP contribution in [-0.4, -0.2) is 24.9 Å². The van der Waals surface area contributed by atoms with E-state index in [4.69, 9.17) is 11.6 Å². The van der Waals surface area contributed by atoms with E-state index in [9.17, 15) is 9.59 Å². The molecule has 0 spiro atoms. The van der Waals surface area contributed by atoms with Gasteiger partial charge in [-0.05, 0) is 30.5 Å². The maximum Gasteiger partial charge on any atom is 0.240 e. The molecule has 2 rings (SSSR count). The molecule has 126 valence electrons. The summed E-state index contributed by atoms with van der Waals surface area (Å²) in [6, 6.07) is 17.1. The molecule has 0 saturated carbocycles. The third-order valence-corrected chi connectivity index (χ3v) is 3.95. The third kappa shape index (κ3) is 5.39. The lowest BCUT2D eigenvalue weighted by Crippen LogP contribution is -2.40. The minimum atomic E-state index is -0.220. The molecule has 2 aromatic carbocycles. The molecule has 0 aromatic heterocycles. The van der Waals surface area contributed by atoms with Gasteiger partial charge in [-0.2, -0.15) is 0 Å². The SMILES string of the molecule is CC(=O)N(CC(=O)NCCCc1ccccc1)c1ccccc1Cl. The number of benzene rings is 2. The maximum absolute atomic E-state index is 12.1. The van der Waals surface area contributed by atoms with E-state index < -0.39 is 0 Å². The molecule has 0 fully saturated rings. The number of hydrogen-bond donors (Lipinski definition) is 1. The Hall–Kier alpha value is -2.33. The molecular weight excluding hydrogens is 324 g/mol. The average Bonchev–Trinajstić information content (AvgIpc) is 2.58. The second kappa shape index (κ2) is 9.08. The van der Waals surface area contributed by atoms with E-state index in [2.05, 4.69) is 17.4 Å². The van der Waals surface area contributed by atoms with E-state index >= 15 is 0 Å². The van der Waals surface area contributed by atoms with Crippen LogP contribution in [0, 0.1) is 0 Å². The Morgan fingerprint density at radius 1 is 1.04 bits per heavy atom. The van der Waals surface area contributed by atoms with E-state index in [1.807, 2.05) is 18.2 Å². The lowest BCUT2D eigenvalue weighted by atomic mass is 10.1. The zero-order valence-corrected chi connectivity index (χ0v) is 14.4. The second-order valence-corrected chi connectivity index (χ2v) is 5.90. The Morgan fingerprint density at radius 2 is 1.71 bits per heavy atom. The number of aryl methyl sites for hydroxylation is 1. The maximum atomic E-state index is 12.1. The van der Waals surface area contributed by atoms with Crippen LogP contribution >= 0.6 is 11.6 Å². The Balaban J connectivity index is 1.83. The number of hydrogen-bond acceptors (Lipinski definition) is 2. The topological polar surface area (TPSA) is 49.4 Å². The van der Waals surface area contributed by atoms with Gasteiger partial charge in [-0.15, -0.1) is 0 Å². The second-order valence-electron chi connectivity index (χ2n) is 5.50. The van der Waals surface area contributed by atoms with Crippen molar-refractivity contribution in [2.75, 3.05) is 18.0 Å². The first kappa shape index (κ1) is 18.0. The van der Waals surface area contributed by atoms with Crippen molar-refractivity contribution in [2.45, 2.75) is 19.8 Å². The van der Waals surface area contributed by atoms with Crippen molar-refractivity contribution in [1.82, 2.24) is 5.32 Å². The number of nitrogens with one attached hydrogen (secondary N) is 1. The summed E-state index contributed by atoms with van der Waals surface area (Å²) in [5, 5.41) is 3.30. The molecule has 0 heterocycles. The molecule has 24 heavy (non-hydrogen) atoms. The fourth-order valence-corrected chi connectivity index (χ4v) is 2.64. The van der Waals surface area contributed by atoms with Crippen molar-refractivity contribution in [3.8, 4) is 0 Å². The van der Waals surface area contributed by atoms with Crippen molar-refractivity contribution >= 4 is 29.1 Å². The van der Waals surface area contributed by atoms with Gasteiger partial charge in [0, 0.05) is 13.5 Å². The molecule has 5 heteroatoms. The van der Waals surface area contributed by atoms with Crippen LogP contribution in [0.1, 0.15) is 18.9 Å². The summed E-state index contributed by atoms with van der Waals surface area (Å²) in [5.41, 5.74) is 1.79.